The molecule has 0 heterocycles. The normalized spacial score (nSPS) is 12.6. The molecule has 0 saturated carbocycles. The lowest BCUT2D eigenvalue weighted by Crippen LogP contribution is -2.08. The van der Waals surface area contributed by atoms with E-state index >= 15 is 0 Å². The number of ketones is 1. The van der Waals surface area contributed by atoms with Gasteiger partial charge in [-0.15, -0.1) is 0 Å². The molecule has 0 spiro atoms. The zero-order valence-corrected chi connectivity index (χ0v) is 12.1. The molecule has 0 N–H and O–H groups in total. The Morgan fingerprint density at radius 1 is 1.29 bits per heavy atom. The molecule has 1 aromatic rings. The molecule has 0 unspecified atom stereocenters. The van der Waals surface area contributed by atoms with Crippen molar-refractivity contribution >= 4 is 45.0 Å². The number of carbonyl (C=O) groups is 1. The van der Waals surface area contributed by atoms with Gasteiger partial charge in [0.05, 0.1) is 0 Å². The van der Waals surface area contributed by atoms with Crippen LogP contribution in [0.1, 0.15) is 10.4 Å². The van der Waals surface area contributed by atoms with Crippen molar-refractivity contribution in [2.24, 2.45) is 0 Å². The summed E-state index contributed by atoms with van der Waals surface area (Å²) in [5.74, 6) is 0.795. The number of halogens is 2. The lowest BCUT2D eigenvalue weighted by atomic mass is 10.2. The molecule has 78 valence electrons. The summed E-state index contributed by atoms with van der Waals surface area (Å²) in [7, 11) is -0.930. The monoisotopic (exact) mass is 338 g/mol. The molecular formula is C10H12Br2OS. The second kappa shape index (κ2) is 4.81. The largest absolute Gasteiger partial charge is 0.293 e. The van der Waals surface area contributed by atoms with Gasteiger partial charge in [0.25, 0.3) is 0 Å². The van der Waals surface area contributed by atoms with Crippen LogP contribution < -0.4 is 0 Å². The Labute approximate surface area is 102 Å². The Morgan fingerprint density at radius 2 is 1.79 bits per heavy atom. The van der Waals surface area contributed by atoms with E-state index in [9.17, 15) is 4.79 Å². The average molecular weight is 340 g/mol. The van der Waals surface area contributed by atoms with Gasteiger partial charge in [-0.2, -0.15) is 8.46 Å². The maximum Gasteiger partial charge on any atom is 0.171 e. The summed E-state index contributed by atoms with van der Waals surface area (Å²) < 4.78 is 1.000. The number of hydrogen-bond acceptors (Lipinski definition) is 1. The van der Waals surface area contributed by atoms with Crippen LogP contribution in [0, 0.1) is 0 Å². The van der Waals surface area contributed by atoms with E-state index in [0.29, 0.717) is 5.75 Å². The number of rotatable bonds is 3. The highest BCUT2D eigenvalue weighted by Crippen LogP contribution is 2.48. The molecule has 0 bridgehead atoms. The third kappa shape index (κ3) is 4.15. The van der Waals surface area contributed by atoms with Gasteiger partial charge in [0.15, 0.2) is 5.78 Å². The van der Waals surface area contributed by atoms with Gasteiger partial charge in [-0.3, -0.25) is 4.79 Å². The molecule has 1 aromatic carbocycles. The van der Waals surface area contributed by atoms with Gasteiger partial charge in [-0.25, -0.2) is 0 Å². The van der Waals surface area contributed by atoms with Crippen molar-refractivity contribution in [3.63, 3.8) is 0 Å². The summed E-state index contributed by atoms with van der Waals surface area (Å²) in [6.07, 6.45) is 4.15. The quantitative estimate of drug-likeness (QED) is 0.760. The second-order valence-electron chi connectivity index (χ2n) is 3.48. The van der Waals surface area contributed by atoms with Crippen LogP contribution in [0.2, 0.25) is 0 Å². The summed E-state index contributed by atoms with van der Waals surface area (Å²) >= 11 is 6.88. The SMILES string of the molecule is CS(C)(Br)CC(=O)c1ccc(Br)cc1. The summed E-state index contributed by atoms with van der Waals surface area (Å²) in [4.78, 5) is 11.7. The minimum atomic E-state index is -0.930. The van der Waals surface area contributed by atoms with Gasteiger partial charge in [-0.1, -0.05) is 28.1 Å². The topological polar surface area (TPSA) is 17.1 Å². The van der Waals surface area contributed by atoms with Gasteiger partial charge in [0.1, 0.15) is 0 Å². The van der Waals surface area contributed by atoms with E-state index in [-0.39, 0.29) is 5.78 Å². The lowest BCUT2D eigenvalue weighted by molar-refractivity contribution is 0.102. The van der Waals surface area contributed by atoms with E-state index in [1.165, 1.54) is 0 Å². The molecule has 0 radical (unpaired) electrons. The minimum Gasteiger partial charge on any atom is -0.293 e. The maximum atomic E-state index is 11.7. The average Bonchev–Trinajstić information content (AvgIpc) is 2.02. The van der Waals surface area contributed by atoms with E-state index in [2.05, 4.69) is 43.3 Å². The zero-order chi connectivity index (χ0) is 10.8. The van der Waals surface area contributed by atoms with E-state index in [4.69, 9.17) is 0 Å². The maximum absolute atomic E-state index is 11.7. The zero-order valence-electron chi connectivity index (χ0n) is 8.09. The molecule has 0 aliphatic carbocycles. The summed E-state index contributed by atoms with van der Waals surface area (Å²) in [5, 5.41) is 0. The van der Waals surface area contributed by atoms with E-state index < -0.39 is 8.46 Å². The Hall–Kier alpha value is 0.200. The Balaban J connectivity index is 2.76. The Bertz CT molecular complexity index is 327. The molecule has 4 heteroatoms. The fourth-order valence-corrected chi connectivity index (χ4v) is 2.71. The predicted molar refractivity (Wildman–Crippen MR) is 71.7 cm³/mol. The van der Waals surface area contributed by atoms with Crippen LogP contribution >= 0.6 is 39.2 Å². The standard InChI is InChI=1S/C10H12Br2OS/c1-14(2,12)7-10(13)8-3-5-9(11)6-4-8/h3-6H,7H2,1-2H3. The van der Waals surface area contributed by atoms with Crippen molar-refractivity contribution in [3.05, 3.63) is 34.3 Å². The van der Waals surface area contributed by atoms with Gasteiger partial charge < -0.3 is 0 Å². The van der Waals surface area contributed by atoms with Gasteiger partial charge in [-0.05, 0) is 39.5 Å². The first-order valence-electron chi connectivity index (χ1n) is 4.08. The van der Waals surface area contributed by atoms with Crippen molar-refractivity contribution < 1.29 is 4.79 Å². The van der Waals surface area contributed by atoms with Gasteiger partial charge in [0.2, 0.25) is 0 Å². The number of hydrogen-bond donors (Lipinski definition) is 0. The molecule has 14 heavy (non-hydrogen) atoms. The van der Waals surface area contributed by atoms with Crippen LogP contribution in [-0.2, 0) is 0 Å². The fourth-order valence-electron chi connectivity index (χ4n) is 1.03. The number of carbonyl (C=O) groups excluding carboxylic acids is 1. The first-order valence-corrected chi connectivity index (χ1v) is 9.33. The second-order valence-corrected chi connectivity index (χ2v) is 12.7. The molecule has 0 fully saturated rings. The summed E-state index contributed by atoms with van der Waals surface area (Å²) in [6.45, 7) is 0. The Kier molecular flexibility index (Phi) is 4.22. The molecule has 0 saturated heterocycles. The van der Waals surface area contributed by atoms with Crippen LogP contribution in [0.5, 0.6) is 0 Å². The minimum absolute atomic E-state index is 0.203. The van der Waals surface area contributed by atoms with Crippen LogP contribution in [0.15, 0.2) is 28.7 Å². The number of benzene rings is 1. The van der Waals surface area contributed by atoms with Crippen LogP contribution in [0.4, 0.5) is 0 Å². The molecule has 0 atom stereocenters. The van der Waals surface area contributed by atoms with Crippen molar-refractivity contribution in [1.82, 2.24) is 0 Å². The highest BCUT2D eigenvalue weighted by Gasteiger charge is 2.14. The van der Waals surface area contributed by atoms with Crippen molar-refractivity contribution in [2.75, 3.05) is 18.3 Å². The third-order valence-electron chi connectivity index (χ3n) is 1.64. The summed E-state index contributed by atoms with van der Waals surface area (Å²) in [6, 6.07) is 7.49. The van der Waals surface area contributed by atoms with Crippen molar-refractivity contribution in [1.29, 1.82) is 0 Å². The first-order chi connectivity index (χ1) is 6.38. The van der Waals surface area contributed by atoms with Crippen LogP contribution in [0.3, 0.4) is 0 Å². The van der Waals surface area contributed by atoms with Crippen molar-refractivity contribution in [3.8, 4) is 0 Å². The molecular weight excluding hydrogens is 328 g/mol. The molecule has 1 rings (SSSR count). The molecule has 0 amide bonds. The van der Waals surface area contributed by atoms with Gasteiger partial charge >= 0.3 is 0 Å². The lowest BCUT2D eigenvalue weighted by Gasteiger charge is -2.20. The Morgan fingerprint density at radius 3 is 2.21 bits per heavy atom. The highest BCUT2D eigenvalue weighted by molar-refractivity contribution is 9.58. The van der Waals surface area contributed by atoms with Crippen LogP contribution in [0.25, 0.3) is 0 Å². The van der Waals surface area contributed by atoms with E-state index in [0.717, 1.165) is 10.0 Å². The summed E-state index contributed by atoms with van der Waals surface area (Å²) in [5.41, 5.74) is 0.785. The third-order valence-corrected chi connectivity index (χ3v) is 3.80. The fraction of sp³-hybridized carbons (Fsp3) is 0.300. The van der Waals surface area contributed by atoms with E-state index in [1.807, 2.05) is 24.3 Å². The van der Waals surface area contributed by atoms with Crippen molar-refractivity contribution in [2.45, 2.75) is 0 Å². The predicted octanol–water partition coefficient (Wildman–Crippen LogP) is 4.01. The first kappa shape index (κ1) is 12.3. The highest BCUT2D eigenvalue weighted by atomic mass is 79.9. The molecule has 0 aliphatic heterocycles. The van der Waals surface area contributed by atoms with Crippen LogP contribution in [-0.4, -0.2) is 24.0 Å². The van der Waals surface area contributed by atoms with Gasteiger partial charge in [0, 0.05) is 15.8 Å². The smallest absolute Gasteiger partial charge is 0.171 e. The number of Topliss-reactive ketones (excluding diaryl/α,β-unsaturated/α-hetero) is 1. The molecule has 1 nitrogen and oxygen atoms in total. The van der Waals surface area contributed by atoms with E-state index in [1.54, 1.807) is 0 Å². The molecule has 0 aliphatic rings. The molecule has 0 aromatic heterocycles.